The quantitative estimate of drug-likeness (QED) is 0.657. The number of aliphatic hydroxyl groups is 1. The number of rotatable bonds is 4. The van der Waals surface area contributed by atoms with Gasteiger partial charge in [0.05, 0.1) is 12.4 Å². The summed E-state index contributed by atoms with van der Waals surface area (Å²) in [7, 11) is 0. The summed E-state index contributed by atoms with van der Waals surface area (Å²) in [5.74, 6) is 0.242. The van der Waals surface area contributed by atoms with Crippen molar-refractivity contribution in [1.29, 1.82) is 0 Å². The van der Waals surface area contributed by atoms with Gasteiger partial charge in [0, 0.05) is 6.54 Å². The van der Waals surface area contributed by atoms with Gasteiger partial charge in [0.25, 0.3) is 0 Å². The van der Waals surface area contributed by atoms with Gasteiger partial charge in [0.1, 0.15) is 5.01 Å². The number of aromatic nitrogens is 2. The molecule has 0 aromatic carbocycles. The van der Waals surface area contributed by atoms with Crippen LogP contribution in [0.4, 0.5) is 9.93 Å². The number of carbonyl (C=O) groups excluding carboxylic acids is 1. The molecule has 2 amide bonds. The number of aliphatic hydroxyl groups excluding tert-OH is 1. The Morgan fingerprint density at radius 3 is 3.00 bits per heavy atom. The van der Waals surface area contributed by atoms with Crippen molar-refractivity contribution in [2.45, 2.75) is 12.1 Å². The van der Waals surface area contributed by atoms with E-state index in [-0.39, 0.29) is 18.5 Å². The fourth-order valence-electron chi connectivity index (χ4n) is 1.55. The Hall–Kier alpha value is -1.18. The summed E-state index contributed by atoms with van der Waals surface area (Å²) in [5, 5.41) is 18.5. The van der Waals surface area contributed by atoms with Gasteiger partial charge in [-0.15, -0.1) is 28.4 Å². The van der Waals surface area contributed by atoms with Crippen LogP contribution in [0, 0.1) is 0 Å². The van der Waals surface area contributed by atoms with E-state index in [4.69, 9.17) is 11.6 Å². The molecule has 6 nitrogen and oxygen atoms in total. The molecule has 1 unspecified atom stereocenters. The van der Waals surface area contributed by atoms with Crippen LogP contribution in [-0.2, 0) is 5.88 Å². The van der Waals surface area contributed by atoms with Crippen molar-refractivity contribution >= 4 is 34.1 Å². The first-order chi connectivity index (χ1) is 8.17. The lowest BCUT2D eigenvalue weighted by Gasteiger charge is -2.15. The second kappa shape index (κ2) is 4.99. The SMILES string of the molecule is C=CCN1CC(O)N(c2nnc(CCl)s2)C1=O. The molecule has 0 aliphatic carbocycles. The standard InChI is InChI=1S/C9H11ClN4O2S/c1-2-3-13-5-7(15)14(9(13)16)8-12-11-6(4-10)17-8/h2,7,15H,1,3-5H2. The second-order valence-corrected chi connectivity index (χ2v) is 4.75. The number of β-amino-alcohol motifs (C(OH)–C–C–N with tert-alkyl or cyclic N) is 1. The first kappa shape index (κ1) is 12.3. The third-order valence-electron chi connectivity index (χ3n) is 2.28. The summed E-state index contributed by atoms with van der Waals surface area (Å²) < 4.78 is 0. The Balaban J connectivity index is 2.20. The number of halogens is 1. The number of urea groups is 1. The van der Waals surface area contributed by atoms with E-state index >= 15 is 0 Å². The highest BCUT2D eigenvalue weighted by Gasteiger charge is 2.38. The molecule has 1 N–H and O–H groups in total. The Morgan fingerprint density at radius 2 is 2.41 bits per heavy atom. The molecular weight excluding hydrogens is 264 g/mol. The molecule has 92 valence electrons. The van der Waals surface area contributed by atoms with Gasteiger partial charge in [-0.1, -0.05) is 17.4 Å². The number of carbonyl (C=O) groups is 1. The van der Waals surface area contributed by atoms with Gasteiger partial charge in [-0.25, -0.2) is 9.69 Å². The van der Waals surface area contributed by atoms with E-state index in [1.165, 1.54) is 21.1 Å². The monoisotopic (exact) mass is 274 g/mol. The predicted molar refractivity (Wildman–Crippen MR) is 65.1 cm³/mol. The summed E-state index contributed by atoms with van der Waals surface area (Å²) in [6.45, 7) is 4.20. The smallest absolute Gasteiger partial charge is 0.329 e. The molecule has 0 bridgehead atoms. The number of anilines is 1. The molecule has 1 saturated heterocycles. The maximum Gasteiger partial charge on any atom is 0.329 e. The fourth-order valence-corrected chi connectivity index (χ4v) is 2.49. The Labute approximate surface area is 107 Å². The lowest BCUT2D eigenvalue weighted by molar-refractivity contribution is 0.180. The van der Waals surface area contributed by atoms with Gasteiger partial charge in [-0.05, 0) is 0 Å². The number of alkyl halides is 1. The maximum absolute atomic E-state index is 12.0. The van der Waals surface area contributed by atoms with Crippen LogP contribution in [0.15, 0.2) is 12.7 Å². The van der Waals surface area contributed by atoms with Crippen molar-refractivity contribution in [2.75, 3.05) is 18.0 Å². The van der Waals surface area contributed by atoms with Crippen LogP contribution >= 0.6 is 22.9 Å². The van der Waals surface area contributed by atoms with Crippen molar-refractivity contribution in [1.82, 2.24) is 15.1 Å². The number of hydrogen-bond acceptors (Lipinski definition) is 5. The number of hydrogen-bond donors (Lipinski definition) is 1. The zero-order valence-corrected chi connectivity index (χ0v) is 10.5. The summed E-state index contributed by atoms with van der Waals surface area (Å²) in [4.78, 5) is 14.7. The van der Waals surface area contributed by atoms with Gasteiger partial charge in [-0.2, -0.15) is 0 Å². The third kappa shape index (κ3) is 2.26. The largest absolute Gasteiger partial charge is 0.371 e. The zero-order chi connectivity index (χ0) is 12.4. The van der Waals surface area contributed by atoms with Crippen LogP contribution in [-0.4, -0.2) is 45.6 Å². The Kier molecular flexibility index (Phi) is 3.60. The first-order valence-electron chi connectivity index (χ1n) is 4.92. The van der Waals surface area contributed by atoms with E-state index in [1.807, 2.05) is 0 Å². The summed E-state index contributed by atoms with van der Waals surface area (Å²) in [5.41, 5.74) is 0. The van der Waals surface area contributed by atoms with Gasteiger partial charge < -0.3 is 10.0 Å². The molecule has 17 heavy (non-hydrogen) atoms. The van der Waals surface area contributed by atoms with Gasteiger partial charge in [0.2, 0.25) is 5.13 Å². The molecule has 1 aromatic rings. The molecule has 1 aromatic heterocycles. The zero-order valence-electron chi connectivity index (χ0n) is 8.91. The minimum atomic E-state index is -0.904. The van der Waals surface area contributed by atoms with Crippen molar-refractivity contribution in [3.05, 3.63) is 17.7 Å². The highest BCUT2D eigenvalue weighted by molar-refractivity contribution is 7.15. The predicted octanol–water partition coefficient (Wildman–Crippen LogP) is 1.02. The molecule has 1 fully saturated rings. The maximum atomic E-state index is 12.0. The van der Waals surface area contributed by atoms with Crippen molar-refractivity contribution < 1.29 is 9.90 Å². The molecule has 1 atom stereocenters. The van der Waals surface area contributed by atoms with Crippen LogP contribution < -0.4 is 4.90 Å². The summed E-state index contributed by atoms with van der Waals surface area (Å²) >= 11 is 6.81. The summed E-state index contributed by atoms with van der Waals surface area (Å²) in [6.07, 6.45) is 0.705. The van der Waals surface area contributed by atoms with E-state index in [0.29, 0.717) is 16.7 Å². The van der Waals surface area contributed by atoms with Crippen LogP contribution in [0.2, 0.25) is 0 Å². The van der Waals surface area contributed by atoms with Gasteiger partial charge >= 0.3 is 6.03 Å². The lowest BCUT2D eigenvalue weighted by atomic mass is 10.5. The highest BCUT2D eigenvalue weighted by atomic mass is 35.5. The van der Waals surface area contributed by atoms with Crippen molar-refractivity contribution in [2.24, 2.45) is 0 Å². The average molecular weight is 275 g/mol. The molecule has 2 rings (SSSR count). The number of nitrogens with zero attached hydrogens (tertiary/aromatic N) is 4. The van der Waals surface area contributed by atoms with E-state index in [2.05, 4.69) is 16.8 Å². The van der Waals surface area contributed by atoms with Crippen LogP contribution in [0.5, 0.6) is 0 Å². The van der Waals surface area contributed by atoms with Crippen LogP contribution in [0.1, 0.15) is 5.01 Å². The number of amides is 2. The normalized spacial score (nSPS) is 20.1. The second-order valence-electron chi connectivity index (χ2n) is 3.44. The molecular formula is C9H11ClN4O2S. The lowest BCUT2D eigenvalue weighted by Crippen LogP contribution is -2.34. The minimum absolute atomic E-state index is 0.237. The van der Waals surface area contributed by atoms with Crippen molar-refractivity contribution in [3.8, 4) is 0 Å². The fraction of sp³-hybridized carbons (Fsp3) is 0.444. The third-order valence-corrected chi connectivity index (χ3v) is 3.62. The highest BCUT2D eigenvalue weighted by Crippen LogP contribution is 2.27. The Bertz CT molecular complexity index is 438. The molecule has 0 spiro atoms. The van der Waals surface area contributed by atoms with E-state index < -0.39 is 6.23 Å². The van der Waals surface area contributed by atoms with E-state index in [9.17, 15) is 9.90 Å². The van der Waals surface area contributed by atoms with Gasteiger partial charge in [-0.3, -0.25) is 0 Å². The van der Waals surface area contributed by atoms with Gasteiger partial charge in [0.15, 0.2) is 6.23 Å². The van der Waals surface area contributed by atoms with E-state index in [1.54, 1.807) is 6.08 Å². The van der Waals surface area contributed by atoms with Crippen molar-refractivity contribution in [3.63, 3.8) is 0 Å². The van der Waals surface area contributed by atoms with Crippen LogP contribution in [0.25, 0.3) is 0 Å². The molecule has 0 saturated carbocycles. The molecule has 0 radical (unpaired) electrons. The molecule has 1 aliphatic heterocycles. The minimum Gasteiger partial charge on any atom is -0.371 e. The molecule has 8 heteroatoms. The topological polar surface area (TPSA) is 69.6 Å². The summed E-state index contributed by atoms with van der Waals surface area (Å²) in [6, 6.07) is -0.297. The van der Waals surface area contributed by atoms with E-state index in [0.717, 1.165) is 0 Å². The first-order valence-corrected chi connectivity index (χ1v) is 6.28. The van der Waals surface area contributed by atoms with Crippen LogP contribution in [0.3, 0.4) is 0 Å². The molecule has 2 heterocycles. The Morgan fingerprint density at radius 1 is 1.65 bits per heavy atom. The average Bonchev–Trinajstić information content (AvgIpc) is 2.86. The molecule has 1 aliphatic rings.